The molecule has 1 amide bonds. The Balaban J connectivity index is 2.16. The largest absolute Gasteiger partial charge is 0.497 e. The number of carbonyl (C=O) groups is 1. The molecule has 2 rings (SSSR count). The molecule has 2 aromatic rings. The van der Waals surface area contributed by atoms with E-state index in [1.54, 1.807) is 37.7 Å². The molecule has 1 aromatic heterocycles. The lowest BCUT2D eigenvalue weighted by Gasteiger charge is -2.13. The Morgan fingerprint density at radius 1 is 1.53 bits per heavy atom. The van der Waals surface area contributed by atoms with Gasteiger partial charge in [-0.1, -0.05) is 0 Å². The van der Waals surface area contributed by atoms with Crippen LogP contribution in [-0.4, -0.2) is 23.0 Å². The van der Waals surface area contributed by atoms with Gasteiger partial charge in [-0.05, 0) is 25.1 Å². The molecule has 1 unspecified atom stereocenters. The van der Waals surface area contributed by atoms with Crippen molar-refractivity contribution in [2.45, 2.75) is 13.0 Å². The highest BCUT2D eigenvalue weighted by Gasteiger charge is 2.15. The molecule has 0 radical (unpaired) electrons. The summed E-state index contributed by atoms with van der Waals surface area (Å²) in [6, 6.07) is 4.74. The van der Waals surface area contributed by atoms with Crippen LogP contribution >= 0.6 is 0 Å². The van der Waals surface area contributed by atoms with Gasteiger partial charge in [-0.2, -0.15) is 0 Å². The molecule has 0 saturated carbocycles. The number of aromatic nitrogens is 2. The second-order valence-electron chi connectivity index (χ2n) is 4.12. The number of H-pyrrole nitrogens is 1. The first-order chi connectivity index (χ1) is 9.11. The Hall–Kier alpha value is -2.50. The maximum atomic E-state index is 12.2. The van der Waals surface area contributed by atoms with E-state index in [4.69, 9.17) is 10.5 Å². The number of amides is 1. The van der Waals surface area contributed by atoms with E-state index in [0.29, 0.717) is 22.8 Å². The molecule has 1 heterocycles. The van der Waals surface area contributed by atoms with E-state index in [0.717, 1.165) is 0 Å². The molecule has 19 heavy (non-hydrogen) atoms. The number of nitrogens with two attached hydrogens (primary N) is 1. The zero-order chi connectivity index (χ0) is 13.8. The van der Waals surface area contributed by atoms with Gasteiger partial charge in [-0.15, -0.1) is 0 Å². The van der Waals surface area contributed by atoms with Crippen LogP contribution < -0.4 is 15.8 Å². The number of imidazole rings is 1. The Bertz CT molecular complexity index is 566. The van der Waals surface area contributed by atoms with Crippen molar-refractivity contribution in [3.8, 4) is 5.75 Å². The van der Waals surface area contributed by atoms with Crippen LogP contribution in [0.25, 0.3) is 0 Å². The van der Waals surface area contributed by atoms with Crippen LogP contribution in [0, 0.1) is 0 Å². The zero-order valence-electron chi connectivity index (χ0n) is 10.8. The molecule has 1 aromatic carbocycles. The van der Waals surface area contributed by atoms with Gasteiger partial charge in [0.05, 0.1) is 18.7 Å². The first-order valence-corrected chi connectivity index (χ1v) is 5.85. The molecule has 4 N–H and O–H groups in total. The Labute approximate surface area is 111 Å². The lowest BCUT2D eigenvalue weighted by molar-refractivity contribution is 0.0939. The maximum absolute atomic E-state index is 12.2. The summed E-state index contributed by atoms with van der Waals surface area (Å²) >= 11 is 0. The number of nitrogens with zero attached hydrogens (tertiary/aromatic N) is 1. The first kappa shape index (κ1) is 12.9. The highest BCUT2D eigenvalue weighted by atomic mass is 16.5. The number of carbonyl (C=O) groups excluding carboxylic acids is 1. The normalized spacial score (nSPS) is 11.9. The van der Waals surface area contributed by atoms with Gasteiger partial charge >= 0.3 is 0 Å². The van der Waals surface area contributed by atoms with Crippen molar-refractivity contribution >= 4 is 11.6 Å². The van der Waals surface area contributed by atoms with Gasteiger partial charge in [0, 0.05) is 18.1 Å². The Kier molecular flexibility index (Phi) is 3.70. The fraction of sp³-hybridized carbons (Fsp3) is 0.231. The van der Waals surface area contributed by atoms with Crippen LogP contribution in [0.1, 0.15) is 29.1 Å². The van der Waals surface area contributed by atoms with Gasteiger partial charge in [-0.25, -0.2) is 4.98 Å². The summed E-state index contributed by atoms with van der Waals surface area (Å²) in [5, 5.41) is 2.82. The Morgan fingerprint density at radius 2 is 2.32 bits per heavy atom. The number of rotatable bonds is 4. The average Bonchev–Trinajstić information content (AvgIpc) is 2.93. The fourth-order valence-electron chi connectivity index (χ4n) is 1.72. The van der Waals surface area contributed by atoms with E-state index >= 15 is 0 Å². The van der Waals surface area contributed by atoms with Gasteiger partial charge in [-0.3, -0.25) is 4.79 Å². The third-order valence-electron chi connectivity index (χ3n) is 2.78. The van der Waals surface area contributed by atoms with Gasteiger partial charge in [0.2, 0.25) is 0 Å². The summed E-state index contributed by atoms with van der Waals surface area (Å²) in [7, 11) is 1.54. The molecule has 6 heteroatoms. The predicted molar refractivity (Wildman–Crippen MR) is 71.9 cm³/mol. The molecule has 0 aliphatic carbocycles. The van der Waals surface area contributed by atoms with E-state index < -0.39 is 0 Å². The minimum atomic E-state index is -0.264. The van der Waals surface area contributed by atoms with Crippen LogP contribution in [0.15, 0.2) is 30.6 Å². The molecule has 6 nitrogen and oxygen atoms in total. The average molecular weight is 260 g/mol. The second-order valence-corrected chi connectivity index (χ2v) is 4.12. The predicted octanol–water partition coefficient (Wildman–Crippen LogP) is 1.49. The van der Waals surface area contributed by atoms with Crippen molar-refractivity contribution in [3.05, 3.63) is 42.0 Å². The van der Waals surface area contributed by atoms with E-state index in [1.807, 2.05) is 6.92 Å². The van der Waals surface area contributed by atoms with Crippen molar-refractivity contribution < 1.29 is 9.53 Å². The van der Waals surface area contributed by atoms with Crippen molar-refractivity contribution in [2.75, 3.05) is 12.8 Å². The number of benzene rings is 1. The van der Waals surface area contributed by atoms with Gasteiger partial charge in [0.1, 0.15) is 11.6 Å². The number of hydrogen-bond donors (Lipinski definition) is 3. The van der Waals surface area contributed by atoms with Crippen LogP contribution in [0.5, 0.6) is 5.75 Å². The standard InChI is InChI=1S/C13H16N4O2/c1-8(12-15-5-6-16-12)17-13(18)10-7-9(19-2)3-4-11(10)14/h3-8H,14H2,1-2H3,(H,15,16)(H,17,18). The second kappa shape index (κ2) is 5.43. The quantitative estimate of drug-likeness (QED) is 0.726. The van der Waals surface area contributed by atoms with Crippen LogP contribution in [0.2, 0.25) is 0 Å². The minimum absolute atomic E-state index is 0.229. The third kappa shape index (κ3) is 2.85. The number of ether oxygens (including phenoxy) is 1. The SMILES string of the molecule is COc1ccc(N)c(C(=O)NC(C)c2ncc[nH]2)c1. The summed E-state index contributed by atoms with van der Waals surface area (Å²) in [6.07, 6.45) is 3.34. The third-order valence-corrected chi connectivity index (χ3v) is 2.78. The summed E-state index contributed by atoms with van der Waals surface area (Å²) in [6.45, 7) is 1.84. The molecule has 0 aliphatic rings. The molecular formula is C13H16N4O2. The number of nitrogen functional groups attached to an aromatic ring is 1. The Morgan fingerprint density at radius 3 is 2.95 bits per heavy atom. The fourth-order valence-corrected chi connectivity index (χ4v) is 1.72. The first-order valence-electron chi connectivity index (χ1n) is 5.85. The number of methoxy groups -OCH3 is 1. The molecule has 0 spiro atoms. The number of nitrogens with one attached hydrogen (secondary N) is 2. The summed E-state index contributed by atoms with van der Waals surface area (Å²) in [4.78, 5) is 19.2. The van der Waals surface area contributed by atoms with Gasteiger partial charge in [0.25, 0.3) is 5.91 Å². The number of anilines is 1. The highest BCUT2D eigenvalue weighted by Crippen LogP contribution is 2.20. The molecule has 1 atom stereocenters. The summed E-state index contributed by atoms with van der Waals surface area (Å²) in [5.41, 5.74) is 6.59. The zero-order valence-corrected chi connectivity index (χ0v) is 10.8. The molecule has 0 aliphatic heterocycles. The van der Waals surface area contributed by atoms with E-state index in [-0.39, 0.29) is 11.9 Å². The molecule has 0 saturated heterocycles. The van der Waals surface area contributed by atoms with E-state index in [2.05, 4.69) is 15.3 Å². The maximum Gasteiger partial charge on any atom is 0.254 e. The lowest BCUT2D eigenvalue weighted by Crippen LogP contribution is -2.28. The molecular weight excluding hydrogens is 244 g/mol. The smallest absolute Gasteiger partial charge is 0.254 e. The number of aromatic amines is 1. The van der Waals surface area contributed by atoms with Gasteiger partial charge < -0.3 is 20.8 Å². The minimum Gasteiger partial charge on any atom is -0.497 e. The van der Waals surface area contributed by atoms with E-state index in [1.165, 1.54) is 0 Å². The van der Waals surface area contributed by atoms with E-state index in [9.17, 15) is 4.79 Å². The molecule has 0 fully saturated rings. The van der Waals surface area contributed by atoms with Crippen molar-refractivity contribution in [1.82, 2.24) is 15.3 Å². The van der Waals surface area contributed by atoms with Crippen LogP contribution in [0.3, 0.4) is 0 Å². The summed E-state index contributed by atoms with van der Waals surface area (Å²) < 4.78 is 5.08. The monoisotopic (exact) mass is 260 g/mol. The van der Waals surface area contributed by atoms with Crippen molar-refractivity contribution in [3.63, 3.8) is 0 Å². The summed E-state index contributed by atoms with van der Waals surface area (Å²) in [5.74, 6) is 1.01. The molecule has 100 valence electrons. The van der Waals surface area contributed by atoms with Crippen molar-refractivity contribution in [1.29, 1.82) is 0 Å². The topological polar surface area (TPSA) is 93.0 Å². The van der Waals surface area contributed by atoms with Crippen LogP contribution in [0.4, 0.5) is 5.69 Å². The lowest BCUT2D eigenvalue weighted by atomic mass is 10.1. The van der Waals surface area contributed by atoms with Crippen molar-refractivity contribution in [2.24, 2.45) is 0 Å². The van der Waals surface area contributed by atoms with Gasteiger partial charge in [0.15, 0.2) is 0 Å². The number of hydrogen-bond acceptors (Lipinski definition) is 4. The highest BCUT2D eigenvalue weighted by molar-refractivity contribution is 5.99. The molecule has 0 bridgehead atoms. The van der Waals surface area contributed by atoms with Crippen LogP contribution in [-0.2, 0) is 0 Å².